The molecule has 0 unspecified atom stereocenters. The van der Waals surface area contributed by atoms with Crippen LogP contribution in [0.3, 0.4) is 0 Å². The molecule has 0 atom stereocenters. The van der Waals surface area contributed by atoms with Crippen LogP contribution in [-0.4, -0.2) is 19.7 Å². The fraction of sp³-hybridized carbons (Fsp3) is 0.0714. The molecule has 6 aromatic rings. The minimum absolute atomic E-state index is 0.270. The molecule has 8 heteroatoms. The largest absolute Gasteiger partial charge is 0.338 e. The number of aromatic nitrogens is 4. The van der Waals surface area contributed by atoms with Crippen LogP contribution >= 0.6 is 50.7 Å². The molecule has 1 N–H and O–H groups in total. The molecule has 0 fully saturated rings. The molecule has 0 aliphatic rings. The van der Waals surface area contributed by atoms with Gasteiger partial charge in [-0.1, -0.05) is 126 Å². The number of H-pyrrole nitrogens is 1. The van der Waals surface area contributed by atoms with Crippen molar-refractivity contribution in [1.82, 2.24) is 19.7 Å². The monoisotopic (exact) mass is 594 g/mol. The molecule has 0 saturated heterocycles. The summed E-state index contributed by atoms with van der Waals surface area (Å²) in [6, 6.07) is 35.2. The van der Waals surface area contributed by atoms with Gasteiger partial charge in [0.15, 0.2) is 5.82 Å². The van der Waals surface area contributed by atoms with Gasteiger partial charge in [-0.25, -0.2) is 9.67 Å². The van der Waals surface area contributed by atoms with E-state index in [4.69, 9.17) is 39.9 Å². The van der Waals surface area contributed by atoms with E-state index in [2.05, 4.69) is 103 Å². The topological polar surface area (TPSA) is 46.5 Å². The smallest absolute Gasteiger partial charge is 0.248 e. The maximum atomic E-state index is 6.12. The van der Waals surface area contributed by atoms with Crippen LogP contribution in [0.1, 0.15) is 22.5 Å². The third kappa shape index (κ3) is 3.73. The zero-order chi connectivity index (χ0) is 24.9. The number of benzene rings is 4. The average Bonchev–Trinajstić information content (AvgIpc) is 3.47. The van der Waals surface area contributed by atoms with Crippen LogP contribution < -0.4 is 0 Å². The summed E-state index contributed by atoms with van der Waals surface area (Å²) in [4.78, 5) is 7.68. The number of hydrogen-bond acceptors (Lipinski definition) is 2. The number of alkyl halides is 3. The number of nitrogens with zero attached hydrogens (tertiary/aromatic N) is 3. The molecular weight excluding hydrogens is 579 g/mol. The van der Waals surface area contributed by atoms with E-state index >= 15 is 0 Å². The lowest BCUT2D eigenvalue weighted by molar-refractivity contribution is 0.474. The number of halogens is 4. The molecule has 0 aliphatic carbocycles. The molecule has 36 heavy (non-hydrogen) atoms. The molecule has 0 saturated carbocycles. The van der Waals surface area contributed by atoms with Crippen LogP contribution in [0.4, 0.5) is 0 Å². The van der Waals surface area contributed by atoms with E-state index in [0.29, 0.717) is 10.1 Å². The predicted molar refractivity (Wildman–Crippen MR) is 151 cm³/mol. The lowest BCUT2D eigenvalue weighted by Gasteiger charge is -2.37. The fourth-order valence-electron chi connectivity index (χ4n) is 4.88. The van der Waals surface area contributed by atoms with Gasteiger partial charge in [0.1, 0.15) is 10.1 Å². The minimum Gasteiger partial charge on any atom is -0.338 e. The van der Waals surface area contributed by atoms with Crippen LogP contribution in [0.2, 0.25) is 0 Å². The Morgan fingerprint density at radius 3 is 1.69 bits per heavy atom. The van der Waals surface area contributed by atoms with Gasteiger partial charge in [-0.15, -0.1) is 0 Å². The van der Waals surface area contributed by atoms with Gasteiger partial charge in [-0.05, 0) is 44.8 Å². The standard InChI is InChI=1S/C28H18BrCl3N4/c29-25-21-16-22-23(34-26(33-22)28(30,31)32)17-24(21)36(35-25)27(18-10-4-1-5-11-18,19-12-6-2-7-13-19)20-14-8-3-9-15-20/h1-17H,(H,33,34). The minimum atomic E-state index is -1.66. The third-order valence-electron chi connectivity index (χ3n) is 6.40. The lowest BCUT2D eigenvalue weighted by Crippen LogP contribution is -2.38. The Morgan fingerprint density at radius 1 is 0.722 bits per heavy atom. The predicted octanol–water partition coefficient (Wildman–Crippen LogP) is 8.34. The summed E-state index contributed by atoms with van der Waals surface area (Å²) in [7, 11) is 0. The van der Waals surface area contributed by atoms with Crippen molar-refractivity contribution in [1.29, 1.82) is 0 Å². The van der Waals surface area contributed by atoms with Crippen molar-refractivity contribution in [3.05, 3.63) is 130 Å². The molecule has 2 heterocycles. The van der Waals surface area contributed by atoms with Gasteiger partial charge < -0.3 is 4.98 Å². The molecule has 178 valence electrons. The zero-order valence-electron chi connectivity index (χ0n) is 18.7. The summed E-state index contributed by atoms with van der Waals surface area (Å²) in [5.41, 5.74) is 4.79. The Balaban J connectivity index is 1.76. The summed E-state index contributed by atoms with van der Waals surface area (Å²) in [5.74, 6) is 0.270. The maximum absolute atomic E-state index is 6.12. The first-order valence-corrected chi connectivity index (χ1v) is 13.1. The first-order chi connectivity index (χ1) is 17.4. The van der Waals surface area contributed by atoms with E-state index in [-0.39, 0.29) is 5.82 Å². The SMILES string of the molecule is ClC(Cl)(Cl)c1nc2cc3c(Br)nn(C(c4ccccc4)(c4ccccc4)c4ccccc4)c3cc2[nH]1. The molecule has 0 radical (unpaired) electrons. The van der Waals surface area contributed by atoms with E-state index in [1.807, 2.05) is 30.3 Å². The van der Waals surface area contributed by atoms with Crippen LogP contribution in [0.5, 0.6) is 0 Å². The zero-order valence-corrected chi connectivity index (χ0v) is 22.5. The van der Waals surface area contributed by atoms with Crippen LogP contribution in [0, 0.1) is 0 Å². The second-order valence-electron chi connectivity index (χ2n) is 8.48. The Kier molecular flexibility index (Phi) is 5.84. The normalized spacial score (nSPS) is 12.4. The number of rotatable bonds is 4. The van der Waals surface area contributed by atoms with E-state index in [1.54, 1.807) is 0 Å². The first kappa shape index (κ1) is 23.6. The molecule has 4 aromatic carbocycles. The van der Waals surface area contributed by atoms with E-state index in [9.17, 15) is 0 Å². The number of fused-ring (bicyclic) bond motifs is 2. The summed E-state index contributed by atoms with van der Waals surface area (Å²) < 4.78 is 1.11. The van der Waals surface area contributed by atoms with Crippen LogP contribution in [0.25, 0.3) is 21.9 Å². The van der Waals surface area contributed by atoms with Crippen LogP contribution in [0.15, 0.2) is 108 Å². The Labute approximate surface area is 231 Å². The van der Waals surface area contributed by atoms with Gasteiger partial charge in [0.2, 0.25) is 3.79 Å². The number of hydrogen-bond donors (Lipinski definition) is 1. The average molecular weight is 597 g/mol. The van der Waals surface area contributed by atoms with Gasteiger partial charge in [-0.2, -0.15) is 5.10 Å². The molecule has 4 nitrogen and oxygen atoms in total. The molecule has 0 bridgehead atoms. The van der Waals surface area contributed by atoms with Crippen LogP contribution in [-0.2, 0) is 9.33 Å². The highest BCUT2D eigenvalue weighted by atomic mass is 79.9. The third-order valence-corrected chi connectivity index (χ3v) is 7.52. The highest BCUT2D eigenvalue weighted by molar-refractivity contribution is 9.10. The van der Waals surface area contributed by atoms with Crippen molar-refractivity contribution in [2.75, 3.05) is 0 Å². The highest BCUT2D eigenvalue weighted by Crippen LogP contribution is 2.44. The molecule has 0 aliphatic heterocycles. The fourth-order valence-corrected chi connectivity index (χ4v) is 5.62. The number of aromatic amines is 1. The van der Waals surface area contributed by atoms with Gasteiger partial charge in [0, 0.05) is 5.39 Å². The number of imidazole rings is 1. The van der Waals surface area contributed by atoms with Crippen molar-refractivity contribution in [2.45, 2.75) is 9.33 Å². The summed E-state index contributed by atoms with van der Waals surface area (Å²) in [5, 5.41) is 5.98. The van der Waals surface area contributed by atoms with E-state index in [0.717, 1.165) is 33.1 Å². The van der Waals surface area contributed by atoms with Gasteiger partial charge in [0.05, 0.1) is 16.6 Å². The van der Waals surface area contributed by atoms with Gasteiger partial charge in [-0.3, -0.25) is 0 Å². The Hall–Kier alpha value is -2.83. The van der Waals surface area contributed by atoms with E-state index < -0.39 is 9.33 Å². The van der Waals surface area contributed by atoms with Crippen molar-refractivity contribution < 1.29 is 0 Å². The van der Waals surface area contributed by atoms with Crippen molar-refractivity contribution >= 4 is 72.7 Å². The van der Waals surface area contributed by atoms with E-state index in [1.165, 1.54) is 0 Å². The maximum Gasteiger partial charge on any atom is 0.248 e. The van der Waals surface area contributed by atoms with Gasteiger partial charge >= 0.3 is 0 Å². The molecule has 0 amide bonds. The summed E-state index contributed by atoms with van der Waals surface area (Å²) in [6.45, 7) is 0. The Bertz CT molecular complexity index is 1580. The summed E-state index contributed by atoms with van der Waals surface area (Å²) in [6.07, 6.45) is 0. The molecule has 6 rings (SSSR count). The molecule has 0 spiro atoms. The molecular formula is C28H18BrCl3N4. The quantitative estimate of drug-likeness (QED) is 0.164. The first-order valence-electron chi connectivity index (χ1n) is 11.2. The van der Waals surface area contributed by atoms with Crippen molar-refractivity contribution in [3.8, 4) is 0 Å². The van der Waals surface area contributed by atoms with Gasteiger partial charge in [0.25, 0.3) is 0 Å². The van der Waals surface area contributed by atoms with Crippen molar-refractivity contribution in [3.63, 3.8) is 0 Å². The molecule has 2 aromatic heterocycles. The summed E-state index contributed by atoms with van der Waals surface area (Å²) >= 11 is 22.1. The lowest BCUT2D eigenvalue weighted by atomic mass is 9.77. The highest BCUT2D eigenvalue weighted by Gasteiger charge is 2.41. The number of nitrogens with one attached hydrogen (secondary N) is 1. The second kappa shape index (κ2) is 8.93. The Morgan fingerprint density at radius 2 is 1.22 bits per heavy atom. The van der Waals surface area contributed by atoms with Crippen molar-refractivity contribution in [2.24, 2.45) is 0 Å². The second-order valence-corrected chi connectivity index (χ2v) is 11.5.